The number of hydrogen-bond donors (Lipinski definition) is 1. The number of nitrogens with one attached hydrogen (secondary N) is 1. The average Bonchev–Trinajstić information content (AvgIpc) is 2.24. The van der Waals surface area contributed by atoms with Crippen LogP contribution in [0.5, 0.6) is 0 Å². The molecule has 0 amide bonds. The summed E-state index contributed by atoms with van der Waals surface area (Å²) in [5, 5.41) is 0. The predicted molar refractivity (Wildman–Crippen MR) is 71.7 cm³/mol. The molecule has 0 aliphatic heterocycles. The van der Waals surface area contributed by atoms with E-state index in [-0.39, 0.29) is 11.5 Å². The van der Waals surface area contributed by atoms with Crippen LogP contribution in [0.1, 0.15) is 46.4 Å². The van der Waals surface area contributed by atoms with Crippen LogP contribution in [0.15, 0.2) is 10.9 Å². The summed E-state index contributed by atoms with van der Waals surface area (Å²) in [5.41, 5.74) is -0.0686. The number of hydrogen-bond acceptors (Lipinski definition) is 3. The van der Waals surface area contributed by atoms with Crippen LogP contribution in [0.4, 0.5) is 5.82 Å². The van der Waals surface area contributed by atoms with E-state index < -0.39 is 0 Å². The molecule has 17 heavy (non-hydrogen) atoms. The molecule has 0 spiro atoms. The molecule has 0 aliphatic rings. The van der Waals surface area contributed by atoms with Crippen LogP contribution >= 0.6 is 0 Å². The quantitative estimate of drug-likeness (QED) is 0.855. The second-order valence-electron chi connectivity index (χ2n) is 5.08. The molecule has 4 nitrogen and oxygen atoms in total. The first-order valence-electron chi connectivity index (χ1n) is 6.30. The van der Waals surface area contributed by atoms with Gasteiger partial charge in [0.2, 0.25) is 0 Å². The molecular formula is C13H23N3O. The van der Waals surface area contributed by atoms with Gasteiger partial charge in [-0.15, -0.1) is 0 Å². The molecule has 0 saturated carbocycles. The third kappa shape index (κ3) is 3.88. The Kier molecular flexibility index (Phi) is 4.73. The lowest BCUT2D eigenvalue weighted by atomic mass is 10.2. The lowest BCUT2D eigenvalue weighted by molar-refractivity contribution is 0.610. The first-order chi connectivity index (χ1) is 7.93. The second-order valence-corrected chi connectivity index (χ2v) is 5.08. The minimum atomic E-state index is -0.0686. The predicted octanol–water partition coefficient (Wildman–Crippen LogP) is 2.38. The lowest BCUT2D eigenvalue weighted by Crippen LogP contribution is -2.30. The summed E-state index contributed by atoms with van der Waals surface area (Å²) in [6.07, 6.45) is 0. The summed E-state index contributed by atoms with van der Waals surface area (Å²) < 4.78 is 0. The number of H-pyrrole nitrogens is 1. The van der Waals surface area contributed by atoms with Gasteiger partial charge in [-0.05, 0) is 12.8 Å². The van der Waals surface area contributed by atoms with Crippen molar-refractivity contribution in [3.8, 4) is 0 Å². The maximum Gasteiger partial charge on any atom is 0.252 e. The standard InChI is InChI=1S/C13H23N3O/c1-6-16(8-9(2)3)11-7-12(17)15-13(14-11)10(4)5/h7,9-10H,6,8H2,1-5H3,(H,14,15,17). The molecule has 0 saturated heterocycles. The van der Waals surface area contributed by atoms with Crippen LogP contribution in [0, 0.1) is 5.92 Å². The zero-order valence-electron chi connectivity index (χ0n) is 11.4. The van der Waals surface area contributed by atoms with E-state index in [4.69, 9.17) is 0 Å². The van der Waals surface area contributed by atoms with Crippen molar-refractivity contribution in [1.29, 1.82) is 0 Å². The van der Waals surface area contributed by atoms with E-state index in [1.807, 2.05) is 13.8 Å². The Labute approximate surface area is 103 Å². The van der Waals surface area contributed by atoms with Crippen LogP contribution in [-0.2, 0) is 0 Å². The fourth-order valence-corrected chi connectivity index (χ4v) is 1.72. The van der Waals surface area contributed by atoms with E-state index in [1.165, 1.54) is 0 Å². The summed E-state index contributed by atoms with van der Waals surface area (Å²) >= 11 is 0. The van der Waals surface area contributed by atoms with Gasteiger partial charge in [-0.3, -0.25) is 4.79 Å². The SMILES string of the molecule is CCN(CC(C)C)c1cc(=O)[nH]c(C(C)C)n1. The smallest absolute Gasteiger partial charge is 0.252 e. The number of aromatic amines is 1. The van der Waals surface area contributed by atoms with Gasteiger partial charge in [0.1, 0.15) is 11.6 Å². The van der Waals surface area contributed by atoms with E-state index in [9.17, 15) is 4.79 Å². The van der Waals surface area contributed by atoms with E-state index in [2.05, 4.69) is 35.6 Å². The van der Waals surface area contributed by atoms with Gasteiger partial charge in [-0.1, -0.05) is 27.7 Å². The Bertz CT molecular complexity index is 409. The topological polar surface area (TPSA) is 49.0 Å². The molecule has 4 heteroatoms. The number of nitrogens with zero attached hydrogens (tertiary/aromatic N) is 2. The Balaban J connectivity index is 3.06. The average molecular weight is 237 g/mol. The summed E-state index contributed by atoms with van der Waals surface area (Å²) in [6.45, 7) is 12.3. The van der Waals surface area contributed by atoms with E-state index in [0.29, 0.717) is 5.92 Å². The Morgan fingerprint density at radius 3 is 2.47 bits per heavy atom. The van der Waals surface area contributed by atoms with Crippen LogP contribution in [0.2, 0.25) is 0 Å². The van der Waals surface area contributed by atoms with Crippen molar-refractivity contribution in [3.63, 3.8) is 0 Å². The molecule has 0 bridgehead atoms. The number of rotatable bonds is 5. The molecule has 0 fully saturated rings. The van der Waals surface area contributed by atoms with Crippen LogP contribution in [0.3, 0.4) is 0 Å². The second kappa shape index (κ2) is 5.84. The van der Waals surface area contributed by atoms with Gasteiger partial charge in [-0.25, -0.2) is 4.98 Å². The third-order valence-corrected chi connectivity index (χ3v) is 2.58. The van der Waals surface area contributed by atoms with E-state index in [1.54, 1.807) is 6.07 Å². The van der Waals surface area contributed by atoms with Gasteiger partial charge >= 0.3 is 0 Å². The minimum Gasteiger partial charge on any atom is -0.356 e. The van der Waals surface area contributed by atoms with Crippen LogP contribution in [0.25, 0.3) is 0 Å². The molecule has 1 rings (SSSR count). The van der Waals surface area contributed by atoms with Gasteiger partial charge in [0.25, 0.3) is 5.56 Å². The molecule has 96 valence electrons. The van der Waals surface area contributed by atoms with Crippen molar-refractivity contribution in [1.82, 2.24) is 9.97 Å². The normalized spacial score (nSPS) is 11.2. The molecule has 0 atom stereocenters. The number of aromatic nitrogens is 2. The molecule has 0 aromatic carbocycles. The van der Waals surface area contributed by atoms with Gasteiger partial charge in [0.05, 0.1) is 0 Å². The fourth-order valence-electron chi connectivity index (χ4n) is 1.72. The molecule has 0 unspecified atom stereocenters. The van der Waals surface area contributed by atoms with Crippen LogP contribution < -0.4 is 10.5 Å². The van der Waals surface area contributed by atoms with Gasteiger partial charge in [-0.2, -0.15) is 0 Å². The lowest BCUT2D eigenvalue weighted by Gasteiger charge is -2.24. The highest BCUT2D eigenvalue weighted by Gasteiger charge is 2.11. The van der Waals surface area contributed by atoms with E-state index in [0.717, 1.165) is 24.7 Å². The zero-order chi connectivity index (χ0) is 13.0. The molecule has 1 aromatic rings. The Morgan fingerprint density at radius 1 is 1.35 bits per heavy atom. The third-order valence-electron chi connectivity index (χ3n) is 2.58. The molecule has 0 radical (unpaired) electrons. The molecule has 1 heterocycles. The Hall–Kier alpha value is -1.32. The van der Waals surface area contributed by atoms with E-state index >= 15 is 0 Å². The van der Waals surface area contributed by atoms with Crippen molar-refractivity contribution < 1.29 is 0 Å². The van der Waals surface area contributed by atoms with Gasteiger partial charge in [0.15, 0.2) is 0 Å². The first kappa shape index (κ1) is 13.7. The molecule has 1 N–H and O–H groups in total. The molecule has 0 aliphatic carbocycles. The zero-order valence-corrected chi connectivity index (χ0v) is 11.4. The van der Waals surface area contributed by atoms with Crippen molar-refractivity contribution in [3.05, 3.63) is 22.2 Å². The summed E-state index contributed by atoms with van der Waals surface area (Å²) in [7, 11) is 0. The monoisotopic (exact) mass is 237 g/mol. The fraction of sp³-hybridized carbons (Fsp3) is 0.692. The molecule has 1 aromatic heterocycles. The van der Waals surface area contributed by atoms with Gasteiger partial charge in [0, 0.05) is 25.1 Å². The highest BCUT2D eigenvalue weighted by molar-refractivity contribution is 5.37. The van der Waals surface area contributed by atoms with Crippen molar-refractivity contribution in [2.45, 2.75) is 40.5 Å². The Morgan fingerprint density at radius 2 is 2.00 bits per heavy atom. The molecular weight excluding hydrogens is 214 g/mol. The summed E-state index contributed by atoms with van der Waals surface area (Å²) in [6, 6.07) is 1.58. The number of anilines is 1. The van der Waals surface area contributed by atoms with Crippen LogP contribution in [-0.4, -0.2) is 23.1 Å². The maximum atomic E-state index is 11.6. The van der Waals surface area contributed by atoms with Gasteiger partial charge < -0.3 is 9.88 Å². The van der Waals surface area contributed by atoms with Crippen molar-refractivity contribution in [2.24, 2.45) is 5.92 Å². The van der Waals surface area contributed by atoms with Crippen molar-refractivity contribution in [2.75, 3.05) is 18.0 Å². The summed E-state index contributed by atoms with van der Waals surface area (Å²) in [5.74, 6) is 2.34. The highest BCUT2D eigenvalue weighted by Crippen LogP contribution is 2.14. The highest BCUT2D eigenvalue weighted by atomic mass is 16.1. The summed E-state index contributed by atoms with van der Waals surface area (Å²) in [4.78, 5) is 21.1. The minimum absolute atomic E-state index is 0.0686. The van der Waals surface area contributed by atoms with Crippen molar-refractivity contribution >= 4 is 5.82 Å². The largest absolute Gasteiger partial charge is 0.356 e. The first-order valence-corrected chi connectivity index (χ1v) is 6.30. The maximum absolute atomic E-state index is 11.6.